The quantitative estimate of drug-likeness (QED) is 0.0431. The molecule has 18 heteroatoms. The smallest absolute Gasteiger partial charge is 0.395 e. The highest BCUT2D eigenvalue weighted by atomic mass is 32.2. The SMILES string of the molecule is CNC(=O)c1cccc(-c2ccc(C(CCSCCC(N)C(=O)O)C(F)(F)F)cc2)c1.NC(CCSCCC(c1ccc(-c2ccc(C(F)F)cc2)cc1)C(F)(F)F)C(=O)O. The first-order chi connectivity index (χ1) is 28.7. The fourth-order valence-electron chi connectivity index (χ4n) is 5.93. The normalized spacial score (nSPS) is 13.7. The van der Waals surface area contributed by atoms with Gasteiger partial charge < -0.3 is 27.0 Å². The van der Waals surface area contributed by atoms with Crippen LogP contribution in [0.2, 0.25) is 0 Å². The number of aliphatic carboxylic acids is 2. The molecule has 0 spiro atoms. The topological polar surface area (TPSA) is 156 Å². The minimum absolute atomic E-state index is 0.109. The Balaban J connectivity index is 0.000000325. The van der Waals surface area contributed by atoms with E-state index >= 15 is 0 Å². The number of hydrogen-bond donors (Lipinski definition) is 5. The number of halogens is 8. The molecule has 0 heterocycles. The van der Waals surface area contributed by atoms with Crippen LogP contribution in [0.1, 0.15) is 71.0 Å². The number of carboxylic acid groups (broad SMARTS) is 2. The Morgan fingerprint density at radius 1 is 0.574 bits per heavy atom. The highest BCUT2D eigenvalue weighted by Crippen LogP contribution is 2.40. The first-order valence-electron chi connectivity index (χ1n) is 18.9. The van der Waals surface area contributed by atoms with Crippen molar-refractivity contribution in [3.8, 4) is 22.3 Å². The van der Waals surface area contributed by atoms with Gasteiger partial charge in [0.05, 0.1) is 11.8 Å². The molecule has 8 nitrogen and oxygen atoms in total. The number of amides is 1. The zero-order chi connectivity index (χ0) is 45.3. The van der Waals surface area contributed by atoms with Crippen LogP contribution >= 0.6 is 23.5 Å². The summed E-state index contributed by atoms with van der Waals surface area (Å²) >= 11 is 2.50. The summed E-state index contributed by atoms with van der Waals surface area (Å²) in [5.74, 6) is -4.53. The molecule has 4 rings (SSSR count). The minimum Gasteiger partial charge on any atom is -0.480 e. The van der Waals surface area contributed by atoms with E-state index in [4.69, 9.17) is 21.7 Å². The van der Waals surface area contributed by atoms with Crippen LogP contribution in [0.4, 0.5) is 35.1 Å². The number of thioether (sulfide) groups is 2. The lowest BCUT2D eigenvalue weighted by Gasteiger charge is -2.21. The lowest BCUT2D eigenvalue weighted by molar-refractivity contribution is -0.151. The molecular formula is C43H47F8N3O5S2. The van der Waals surface area contributed by atoms with Gasteiger partial charge in [0.25, 0.3) is 12.3 Å². The number of nitrogens with one attached hydrogen (secondary N) is 1. The van der Waals surface area contributed by atoms with E-state index in [1.54, 1.807) is 48.5 Å². The lowest BCUT2D eigenvalue weighted by Crippen LogP contribution is -2.30. The number of alkyl halides is 8. The summed E-state index contributed by atoms with van der Waals surface area (Å²) in [6.45, 7) is 0. The van der Waals surface area contributed by atoms with Crippen LogP contribution in [0.3, 0.4) is 0 Å². The van der Waals surface area contributed by atoms with Crippen molar-refractivity contribution in [3.63, 3.8) is 0 Å². The number of rotatable bonds is 20. The van der Waals surface area contributed by atoms with Gasteiger partial charge in [0.2, 0.25) is 0 Å². The maximum absolute atomic E-state index is 13.6. The van der Waals surface area contributed by atoms with Gasteiger partial charge in [-0.25, -0.2) is 8.78 Å². The molecule has 332 valence electrons. The zero-order valence-electron chi connectivity index (χ0n) is 32.9. The molecule has 0 aliphatic heterocycles. The van der Waals surface area contributed by atoms with Crippen molar-refractivity contribution < 1.29 is 59.7 Å². The Kier molecular flexibility index (Phi) is 20.0. The van der Waals surface area contributed by atoms with Crippen LogP contribution in [0.15, 0.2) is 97.1 Å². The number of nitrogens with two attached hydrogens (primary N) is 2. The highest BCUT2D eigenvalue weighted by molar-refractivity contribution is 7.99. The van der Waals surface area contributed by atoms with Gasteiger partial charge in [-0.1, -0.05) is 84.9 Å². The second kappa shape index (κ2) is 24.1. The van der Waals surface area contributed by atoms with Crippen molar-refractivity contribution in [2.24, 2.45) is 11.5 Å². The Hall–Kier alpha value is -4.65. The Morgan fingerprint density at radius 3 is 1.28 bits per heavy atom. The molecule has 7 N–H and O–H groups in total. The van der Waals surface area contributed by atoms with Crippen LogP contribution in [-0.2, 0) is 9.59 Å². The van der Waals surface area contributed by atoms with Gasteiger partial charge in [-0.05, 0) is 94.2 Å². The van der Waals surface area contributed by atoms with E-state index < -0.39 is 54.6 Å². The van der Waals surface area contributed by atoms with Crippen molar-refractivity contribution in [2.45, 2.75) is 68.4 Å². The summed E-state index contributed by atoms with van der Waals surface area (Å²) in [6.07, 6.45) is -11.2. The number of benzene rings is 4. The second-order valence-corrected chi connectivity index (χ2v) is 16.2. The first kappa shape index (κ1) is 50.7. The number of carbonyl (C=O) groups excluding carboxylic acids is 1. The molecule has 1 amide bonds. The van der Waals surface area contributed by atoms with E-state index in [1.165, 1.54) is 79.1 Å². The number of carbonyl (C=O) groups is 3. The third-order valence-corrected chi connectivity index (χ3v) is 11.6. The maximum atomic E-state index is 13.6. The average Bonchev–Trinajstić information content (AvgIpc) is 3.22. The molecule has 0 aromatic heterocycles. The van der Waals surface area contributed by atoms with Gasteiger partial charge >= 0.3 is 24.3 Å². The Bertz CT molecular complexity index is 1980. The van der Waals surface area contributed by atoms with E-state index in [-0.39, 0.29) is 59.8 Å². The summed E-state index contributed by atoms with van der Waals surface area (Å²) in [4.78, 5) is 33.1. The summed E-state index contributed by atoms with van der Waals surface area (Å²) in [6, 6.07) is 22.5. The molecule has 0 aliphatic carbocycles. The number of carboxylic acids is 2. The summed E-state index contributed by atoms with van der Waals surface area (Å²) < 4.78 is 107. The Labute approximate surface area is 356 Å². The predicted molar refractivity (Wildman–Crippen MR) is 224 cm³/mol. The molecule has 0 radical (unpaired) electrons. The molecule has 61 heavy (non-hydrogen) atoms. The molecule has 0 bridgehead atoms. The van der Waals surface area contributed by atoms with Gasteiger partial charge in [0.1, 0.15) is 12.1 Å². The van der Waals surface area contributed by atoms with Crippen molar-refractivity contribution >= 4 is 41.4 Å². The van der Waals surface area contributed by atoms with Crippen LogP contribution in [0, 0.1) is 0 Å². The molecule has 4 atom stereocenters. The molecular weight excluding hydrogens is 855 g/mol. The van der Waals surface area contributed by atoms with Crippen LogP contribution in [0.25, 0.3) is 22.3 Å². The second-order valence-electron chi connectivity index (χ2n) is 13.8. The summed E-state index contributed by atoms with van der Waals surface area (Å²) in [5, 5.41) is 20.0. The molecule has 0 saturated carbocycles. The van der Waals surface area contributed by atoms with E-state index in [0.29, 0.717) is 33.8 Å². The highest BCUT2D eigenvalue weighted by Gasteiger charge is 2.41. The average molecular weight is 902 g/mol. The first-order valence-corrected chi connectivity index (χ1v) is 21.2. The fraction of sp³-hybridized carbons (Fsp3) is 0.372. The van der Waals surface area contributed by atoms with Gasteiger partial charge in [0, 0.05) is 18.2 Å². The van der Waals surface area contributed by atoms with Gasteiger partial charge in [0.15, 0.2) is 0 Å². The van der Waals surface area contributed by atoms with Crippen molar-refractivity contribution in [1.29, 1.82) is 0 Å². The van der Waals surface area contributed by atoms with Crippen LogP contribution in [-0.4, -0.2) is 82.6 Å². The van der Waals surface area contributed by atoms with E-state index in [9.17, 15) is 49.5 Å². The molecule has 0 saturated heterocycles. The standard InChI is InChI=1S/C22H25F3N2O3S.C21H22F5NO2S/c1-27-20(28)17-4-2-3-16(13-17)14-5-7-15(8-6-14)18(22(23,24)25)9-11-31-12-10-19(26)21(29)30;22-19(23)16-7-3-14(4-8-16)13-1-5-15(6-2-13)17(21(24,25)26)9-11-30-12-10-18(27)20(28)29/h2-8,13,18-19H,9-12,26H2,1H3,(H,27,28)(H,29,30);1-8,17-19H,9-12,27H2,(H,28,29). The van der Waals surface area contributed by atoms with Gasteiger partial charge in [-0.3, -0.25) is 14.4 Å². The third kappa shape index (κ3) is 16.6. The lowest BCUT2D eigenvalue weighted by atomic mass is 9.93. The molecule has 4 unspecified atom stereocenters. The minimum atomic E-state index is -4.42. The molecule has 4 aromatic carbocycles. The van der Waals surface area contributed by atoms with Gasteiger partial charge in [-0.2, -0.15) is 49.9 Å². The van der Waals surface area contributed by atoms with Crippen LogP contribution < -0.4 is 16.8 Å². The van der Waals surface area contributed by atoms with Crippen molar-refractivity contribution in [3.05, 3.63) is 119 Å². The molecule has 4 aromatic rings. The third-order valence-electron chi connectivity index (χ3n) is 9.48. The Morgan fingerprint density at radius 2 is 0.934 bits per heavy atom. The van der Waals surface area contributed by atoms with E-state index in [1.807, 2.05) is 0 Å². The zero-order valence-corrected chi connectivity index (χ0v) is 34.5. The van der Waals surface area contributed by atoms with Crippen molar-refractivity contribution in [1.82, 2.24) is 5.32 Å². The van der Waals surface area contributed by atoms with Crippen LogP contribution in [0.5, 0.6) is 0 Å². The monoisotopic (exact) mass is 901 g/mol. The van der Waals surface area contributed by atoms with Crippen molar-refractivity contribution in [2.75, 3.05) is 30.1 Å². The summed E-state index contributed by atoms with van der Waals surface area (Å²) in [5.41, 5.74) is 14.1. The fourth-order valence-corrected chi connectivity index (χ4v) is 7.99. The summed E-state index contributed by atoms with van der Waals surface area (Å²) in [7, 11) is 1.53. The largest absolute Gasteiger partial charge is 0.480 e. The maximum Gasteiger partial charge on any atom is 0.395 e. The predicted octanol–water partition coefficient (Wildman–Crippen LogP) is 10.1. The molecule has 0 aliphatic rings. The van der Waals surface area contributed by atoms with E-state index in [2.05, 4.69) is 5.32 Å². The van der Waals surface area contributed by atoms with Gasteiger partial charge in [-0.15, -0.1) is 0 Å². The number of hydrogen-bond acceptors (Lipinski definition) is 7. The van der Waals surface area contributed by atoms with E-state index in [0.717, 1.165) is 5.56 Å². The molecule has 0 fully saturated rings.